The zero-order chi connectivity index (χ0) is 12.1. The normalized spacial score (nSPS) is 16.3. The molecule has 0 saturated heterocycles. The zero-order valence-electron chi connectivity index (χ0n) is 9.94. The summed E-state index contributed by atoms with van der Waals surface area (Å²) in [6, 6.07) is 0. The third-order valence-corrected chi connectivity index (χ3v) is 3.64. The highest BCUT2D eigenvalue weighted by atomic mass is 32.1. The fourth-order valence-electron chi connectivity index (χ4n) is 1.97. The minimum absolute atomic E-state index is 0.175. The van der Waals surface area contributed by atoms with Gasteiger partial charge < -0.3 is 0 Å². The number of amides is 1. The summed E-state index contributed by atoms with van der Waals surface area (Å²) in [6.07, 6.45) is 6.34. The molecule has 6 heteroatoms. The Hall–Kier alpha value is -1.01. The fraction of sp³-hybridized carbons (Fsp3) is 0.727. The SMILES string of the molecule is CCCc1nnsc1C(=O)NOC1CCCC1. The Balaban J connectivity index is 1.87. The molecule has 1 aliphatic rings. The van der Waals surface area contributed by atoms with Crippen molar-refractivity contribution in [3.8, 4) is 0 Å². The van der Waals surface area contributed by atoms with Gasteiger partial charge in [0.05, 0.1) is 11.8 Å². The van der Waals surface area contributed by atoms with Crippen LogP contribution in [0.4, 0.5) is 0 Å². The first-order chi connectivity index (χ1) is 8.31. The minimum Gasteiger partial charge on any atom is -0.270 e. The summed E-state index contributed by atoms with van der Waals surface area (Å²) in [5.41, 5.74) is 3.29. The van der Waals surface area contributed by atoms with Crippen LogP contribution in [0.2, 0.25) is 0 Å². The van der Waals surface area contributed by atoms with Gasteiger partial charge in [-0.1, -0.05) is 30.7 Å². The van der Waals surface area contributed by atoms with Gasteiger partial charge in [0.25, 0.3) is 5.91 Å². The molecule has 17 heavy (non-hydrogen) atoms. The third-order valence-electron chi connectivity index (χ3n) is 2.87. The monoisotopic (exact) mass is 255 g/mol. The number of hydrogen-bond acceptors (Lipinski definition) is 5. The van der Waals surface area contributed by atoms with Gasteiger partial charge in [0.1, 0.15) is 4.88 Å². The Morgan fingerprint density at radius 2 is 2.29 bits per heavy atom. The highest BCUT2D eigenvalue weighted by Gasteiger charge is 2.20. The van der Waals surface area contributed by atoms with Crippen molar-refractivity contribution in [1.82, 2.24) is 15.1 Å². The molecular weight excluding hydrogens is 238 g/mol. The van der Waals surface area contributed by atoms with Gasteiger partial charge in [-0.25, -0.2) is 5.48 Å². The highest BCUT2D eigenvalue weighted by Crippen LogP contribution is 2.20. The van der Waals surface area contributed by atoms with Gasteiger partial charge in [0, 0.05) is 0 Å². The van der Waals surface area contributed by atoms with Gasteiger partial charge in [-0.3, -0.25) is 9.63 Å². The molecule has 1 amide bonds. The maximum absolute atomic E-state index is 11.9. The molecule has 0 atom stereocenters. The average molecular weight is 255 g/mol. The lowest BCUT2D eigenvalue weighted by Gasteiger charge is -2.10. The lowest BCUT2D eigenvalue weighted by Crippen LogP contribution is -2.28. The number of hydrogen-bond donors (Lipinski definition) is 1. The Labute approximate surface area is 105 Å². The van der Waals surface area contributed by atoms with Crippen molar-refractivity contribution in [1.29, 1.82) is 0 Å². The van der Waals surface area contributed by atoms with E-state index in [9.17, 15) is 4.79 Å². The molecular formula is C11H17N3O2S. The predicted octanol–water partition coefficient (Wildman–Crippen LogP) is 2.09. The van der Waals surface area contributed by atoms with Crippen molar-refractivity contribution in [3.05, 3.63) is 10.6 Å². The molecule has 94 valence electrons. The quantitative estimate of drug-likeness (QED) is 0.818. The van der Waals surface area contributed by atoms with E-state index in [1.165, 1.54) is 12.8 Å². The van der Waals surface area contributed by atoms with Crippen LogP contribution in [0.25, 0.3) is 0 Å². The van der Waals surface area contributed by atoms with Crippen LogP contribution >= 0.6 is 11.5 Å². The maximum atomic E-state index is 11.9. The van der Waals surface area contributed by atoms with Crippen LogP contribution in [0, 0.1) is 0 Å². The first-order valence-electron chi connectivity index (χ1n) is 6.08. The smallest absolute Gasteiger partial charge is 0.270 e. The standard InChI is InChI=1S/C11H17N3O2S/c1-2-5-9-10(17-14-12-9)11(15)13-16-8-6-3-4-7-8/h8H,2-7H2,1H3,(H,13,15). The molecule has 1 fully saturated rings. The molecule has 1 saturated carbocycles. The van der Waals surface area contributed by atoms with Crippen molar-refractivity contribution >= 4 is 17.4 Å². The topological polar surface area (TPSA) is 64.1 Å². The molecule has 0 aliphatic heterocycles. The van der Waals surface area contributed by atoms with Gasteiger partial charge in [-0.2, -0.15) is 0 Å². The summed E-state index contributed by atoms with van der Waals surface area (Å²) in [6.45, 7) is 2.05. The van der Waals surface area contributed by atoms with Crippen LogP contribution in [0.5, 0.6) is 0 Å². The molecule has 1 aromatic heterocycles. The molecule has 5 nitrogen and oxygen atoms in total. The van der Waals surface area contributed by atoms with Crippen molar-refractivity contribution in [2.24, 2.45) is 0 Å². The molecule has 1 aliphatic carbocycles. The van der Waals surface area contributed by atoms with E-state index >= 15 is 0 Å². The van der Waals surface area contributed by atoms with E-state index in [1.54, 1.807) is 0 Å². The van der Waals surface area contributed by atoms with E-state index in [0.717, 1.165) is 42.9 Å². The van der Waals surface area contributed by atoms with Gasteiger partial charge >= 0.3 is 0 Å². The number of carbonyl (C=O) groups excluding carboxylic acids is 1. The molecule has 0 radical (unpaired) electrons. The first-order valence-corrected chi connectivity index (χ1v) is 6.85. The summed E-state index contributed by atoms with van der Waals surface area (Å²) < 4.78 is 3.82. The molecule has 0 unspecified atom stereocenters. The van der Waals surface area contributed by atoms with E-state index in [2.05, 4.69) is 22.0 Å². The second kappa shape index (κ2) is 6.07. The number of carbonyl (C=O) groups is 1. The summed E-state index contributed by atoms with van der Waals surface area (Å²) >= 11 is 1.13. The Bertz CT molecular complexity index is 375. The molecule has 0 bridgehead atoms. The van der Waals surface area contributed by atoms with Gasteiger partial charge in [-0.05, 0) is 30.8 Å². The van der Waals surface area contributed by atoms with Crippen LogP contribution in [0.15, 0.2) is 0 Å². The van der Waals surface area contributed by atoms with Crippen molar-refractivity contribution < 1.29 is 9.63 Å². The molecule has 1 aromatic rings. The summed E-state index contributed by atoms with van der Waals surface area (Å²) in [5, 5.41) is 3.96. The molecule has 1 N–H and O–H groups in total. The molecule has 2 rings (SSSR count). The van der Waals surface area contributed by atoms with E-state index in [-0.39, 0.29) is 12.0 Å². The molecule has 0 aromatic carbocycles. The maximum Gasteiger partial charge on any atom is 0.288 e. The summed E-state index contributed by atoms with van der Waals surface area (Å²) in [5.74, 6) is -0.213. The van der Waals surface area contributed by atoms with E-state index in [4.69, 9.17) is 4.84 Å². The Morgan fingerprint density at radius 3 is 3.00 bits per heavy atom. The van der Waals surface area contributed by atoms with Gasteiger partial charge in [0.15, 0.2) is 0 Å². The van der Waals surface area contributed by atoms with Crippen molar-refractivity contribution in [2.45, 2.75) is 51.6 Å². The predicted molar refractivity (Wildman–Crippen MR) is 64.7 cm³/mol. The number of nitrogens with one attached hydrogen (secondary N) is 1. The lowest BCUT2D eigenvalue weighted by molar-refractivity contribution is -0.0123. The zero-order valence-corrected chi connectivity index (χ0v) is 10.8. The van der Waals surface area contributed by atoms with Crippen LogP contribution in [0.1, 0.15) is 54.4 Å². The number of aryl methyl sites for hydroxylation is 1. The van der Waals surface area contributed by atoms with Crippen molar-refractivity contribution in [3.63, 3.8) is 0 Å². The van der Waals surface area contributed by atoms with Gasteiger partial charge in [-0.15, -0.1) is 5.10 Å². The number of aromatic nitrogens is 2. The van der Waals surface area contributed by atoms with Crippen LogP contribution in [0.3, 0.4) is 0 Å². The highest BCUT2D eigenvalue weighted by molar-refractivity contribution is 7.07. The average Bonchev–Trinajstić information content (AvgIpc) is 2.97. The van der Waals surface area contributed by atoms with Crippen molar-refractivity contribution in [2.75, 3.05) is 0 Å². The van der Waals surface area contributed by atoms with E-state index in [1.807, 2.05) is 0 Å². The second-order valence-electron chi connectivity index (χ2n) is 4.25. The second-order valence-corrected chi connectivity index (χ2v) is 5.01. The van der Waals surface area contributed by atoms with Crippen LogP contribution in [-0.4, -0.2) is 21.6 Å². The largest absolute Gasteiger partial charge is 0.288 e. The minimum atomic E-state index is -0.213. The first kappa shape index (κ1) is 12.4. The summed E-state index contributed by atoms with van der Waals surface area (Å²) in [7, 11) is 0. The van der Waals surface area contributed by atoms with E-state index < -0.39 is 0 Å². The Kier molecular flexibility index (Phi) is 4.44. The van der Waals surface area contributed by atoms with E-state index in [0.29, 0.717) is 4.88 Å². The number of nitrogens with zero attached hydrogens (tertiary/aromatic N) is 2. The molecule has 1 heterocycles. The van der Waals surface area contributed by atoms with Crippen LogP contribution < -0.4 is 5.48 Å². The number of rotatable bonds is 5. The third kappa shape index (κ3) is 3.23. The summed E-state index contributed by atoms with van der Waals surface area (Å²) in [4.78, 5) is 17.8. The molecule has 0 spiro atoms. The Morgan fingerprint density at radius 1 is 1.53 bits per heavy atom. The van der Waals surface area contributed by atoms with Gasteiger partial charge in [0.2, 0.25) is 0 Å². The fourth-order valence-corrected chi connectivity index (χ4v) is 2.56. The lowest BCUT2D eigenvalue weighted by atomic mass is 10.2. The van der Waals surface area contributed by atoms with Crippen LogP contribution in [-0.2, 0) is 11.3 Å². The number of hydroxylamine groups is 1.